The third-order valence-corrected chi connectivity index (χ3v) is 4.17. The summed E-state index contributed by atoms with van der Waals surface area (Å²) in [5, 5.41) is 7.26. The molecule has 1 aliphatic rings. The minimum atomic E-state index is 0.0289. The van der Waals surface area contributed by atoms with E-state index in [1.54, 1.807) is 6.20 Å². The molecule has 0 spiro atoms. The Hall–Kier alpha value is -2.14. The number of nitrogens with zero attached hydrogens (tertiary/aromatic N) is 2. The lowest BCUT2D eigenvalue weighted by molar-refractivity contribution is -0.120. The van der Waals surface area contributed by atoms with Gasteiger partial charge in [-0.1, -0.05) is 36.8 Å². The van der Waals surface area contributed by atoms with Crippen molar-refractivity contribution in [2.75, 3.05) is 5.32 Å². The lowest BCUT2D eigenvalue weighted by atomic mass is 9.85. The maximum Gasteiger partial charge on any atom is 0.227 e. The molecule has 0 bridgehead atoms. The van der Waals surface area contributed by atoms with E-state index in [-0.39, 0.29) is 17.9 Å². The first-order valence-electron chi connectivity index (χ1n) is 7.83. The third kappa shape index (κ3) is 3.74. The Bertz CT molecular complexity index is 623. The largest absolute Gasteiger partial charge is 0.328 e. The molecule has 2 atom stereocenters. The van der Waals surface area contributed by atoms with Gasteiger partial charge in [-0.25, -0.2) is 0 Å². The molecule has 1 amide bonds. The summed E-state index contributed by atoms with van der Waals surface area (Å²) in [7, 11) is 0. The van der Waals surface area contributed by atoms with Crippen LogP contribution in [0.2, 0.25) is 0 Å². The van der Waals surface area contributed by atoms with Crippen LogP contribution in [-0.2, 0) is 11.3 Å². The second kappa shape index (κ2) is 6.75. The second-order valence-electron chi connectivity index (χ2n) is 6.03. The van der Waals surface area contributed by atoms with Gasteiger partial charge in [0.15, 0.2) is 0 Å². The molecule has 0 aliphatic heterocycles. The number of hydrogen-bond acceptors (Lipinski definition) is 3. The van der Waals surface area contributed by atoms with E-state index in [1.165, 1.54) is 5.56 Å². The summed E-state index contributed by atoms with van der Waals surface area (Å²) in [6, 6.07) is 10.3. The van der Waals surface area contributed by atoms with Gasteiger partial charge in [-0.05, 0) is 24.8 Å². The van der Waals surface area contributed by atoms with Gasteiger partial charge in [0.1, 0.15) is 0 Å². The molecule has 5 heteroatoms. The highest BCUT2D eigenvalue weighted by atomic mass is 16.1. The number of amides is 1. The van der Waals surface area contributed by atoms with E-state index < -0.39 is 0 Å². The molecule has 3 N–H and O–H groups in total. The van der Waals surface area contributed by atoms with E-state index in [0.717, 1.165) is 31.4 Å². The van der Waals surface area contributed by atoms with Gasteiger partial charge in [-0.3, -0.25) is 9.48 Å². The highest BCUT2D eigenvalue weighted by Gasteiger charge is 2.25. The molecule has 1 aliphatic carbocycles. The highest BCUT2D eigenvalue weighted by Crippen LogP contribution is 2.24. The van der Waals surface area contributed by atoms with Crippen molar-refractivity contribution in [2.45, 2.75) is 38.3 Å². The van der Waals surface area contributed by atoms with Gasteiger partial charge in [0.25, 0.3) is 0 Å². The maximum absolute atomic E-state index is 12.3. The number of carbonyl (C=O) groups is 1. The Labute approximate surface area is 130 Å². The van der Waals surface area contributed by atoms with E-state index in [4.69, 9.17) is 5.73 Å². The summed E-state index contributed by atoms with van der Waals surface area (Å²) in [4.78, 5) is 12.3. The number of nitrogens with two attached hydrogens (primary N) is 1. The van der Waals surface area contributed by atoms with Gasteiger partial charge in [-0.15, -0.1) is 0 Å². The third-order valence-electron chi connectivity index (χ3n) is 4.17. The number of nitrogens with one attached hydrogen (secondary N) is 1. The Morgan fingerprint density at radius 1 is 1.32 bits per heavy atom. The summed E-state index contributed by atoms with van der Waals surface area (Å²) in [6.45, 7) is 0.699. The van der Waals surface area contributed by atoms with Gasteiger partial charge in [-0.2, -0.15) is 5.10 Å². The quantitative estimate of drug-likeness (QED) is 0.910. The lowest BCUT2D eigenvalue weighted by Crippen LogP contribution is -2.34. The summed E-state index contributed by atoms with van der Waals surface area (Å²) in [5.74, 6) is 0.0932. The van der Waals surface area contributed by atoms with Crippen LogP contribution in [0.25, 0.3) is 0 Å². The van der Waals surface area contributed by atoms with E-state index in [2.05, 4.69) is 22.5 Å². The molecule has 5 nitrogen and oxygen atoms in total. The SMILES string of the molecule is NC1CCCC(C(=O)Nc2cnn(Cc3ccccc3)c2)C1. The lowest BCUT2D eigenvalue weighted by Gasteiger charge is -2.25. The Morgan fingerprint density at radius 2 is 2.14 bits per heavy atom. The topological polar surface area (TPSA) is 72.9 Å². The molecule has 1 aromatic carbocycles. The molecule has 22 heavy (non-hydrogen) atoms. The van der Waals surface area contributed by atoms with E-state index in [9.17, 15) is 4.79 Å². The zero-order valence-corrected chi connectivity index (χ0v) is 12.6. The van der Waals surface area contributed by atoms with Crippen LogP contribution in [0, 0.1) is 5.92 Å². The van der Waals surface area contributed by atoms with Gasteiger partial charge in [0, 0.05) is 18.2 Å². The van der Waals surface area contributed by atoms with Gasteiger partial charge < -0.3 is 11.1 Å². The molecule has 0 saturated heterocycles. The van der Waals surface area contributed by atoms with Crippen molar-refractivity contribution in [3.05, 3.63) is 48.3 Å². The number of anilines is 1. The Balaban J connectivity index is 1.58. The minimum Gasteiger partial charge on any atom is -0.328 e. The van der Waals surface area contributed by atoms with Crippen LogP contribution in [0.4, 0.5) is 5.69 Å². The smallest absolute Gasteiger partial charge is 0.227 e. The molecule has 1 aromatic heterocycles. The average Bonchev–Trinajstić information content (AvgIpc) is 2.95. The predicted molar refractivity (Wildman–Crippen MR) is 86.3 cm³/mol. The van der Waals surface area contributed by atoms with Crippen LogP contribution in [0.15, 0.2) is 42.7 Å². The summed E-state index contributed by atoms with van der Waals surface area (Å²) in [5.41, 5.74) is 7.88. The number of carbonyl (C=O) groups excluding carboxylic acids is 1. The molecule has 116 valence electrons. The zero-order valence-electron chi connectivity index (χ0n) is 12.6. The van der Waals surface area contributed by atoms with Gasteiger partial charge in [0.2, 0.25) is 5.91 Å². The summed E-state index contributed by atoms with van der Waals surface area (Å²) >= 11 is 0. The monoisotopic (exact) mass is 298 g/mol. The zero-order chi connectivity index (χ0) is 15.4. The Morgan fingerprint density at radius 3 is 2.91 bits per heavy atom. The van der Waals surface area contributed by atoms with Crippen LogP contribution < -0.4 is 11.1 Å². The van der Waals surface area contributed by atoms with Crippen LogP contribution >= 0.6 is 0 Å². The molecule has 1 heterocycles. The summed E-state index contributed by atoms with van der Waals surface area (Å²) < 4.78 is 1.83. The fraction of sp³-hybridized carbons (Fsp3) is 0.412. The maximum atomic E-state index is 12.3. The average molecular weight is 298 g/mol. The van der Waals surface area contributed by atoms with Crippen molar-refractivity contribution in [3.8, 4) is 0 Å². The van der Waals surface area contributed by atoms with E-state index >= 15 is 0 Å². The molecule has 2 aromatic rings. The first-order valence-corrected chi connectivity index (χ1v) is 7.83. The molecular formula is C17H22N4O. The van der Waals surface area contributed by atoms with Crippen molar-refractivity contribution < 1.29 is 4.79 Å². The number of aromatic nitrogens is 2. The molecule has 3 rings (SSSR count). The van der Waals surface area contributed by atoms with Crippen molar-refractivity contribution in [2.24, 2.45) is 11.7 Å². The number of rotatable bonds is 4. The molecule has 2 unspecified atom stereocenters. The first-order chi connectivity index (χ1) is 10.7. The highest BCUT2D eigenvalue weighted by molar-refractivity contribution is 5.92. The fourth-order valence-electron chi connectivity index (χ4n) is 3.00. The normalized spacial score (nSPS) is 21.5. The van der Waals surface area contributed by atoms with Crippen LogP contribution in [0.1, 0.15) is 31.2 Å². The molecule has 1 saturated carbocycles. The van der Waals surface area contributed by atoms with Crippen LogP contribution in [0.5, 0.6) is 0 Å². The molecule has 0 radical (unpaired) electrons. The van der Waals surface area contributed by atoms with Crippen molar-refractivity contribution in [1.29, 1.82) is 0 Å². The van der Waals surface area contributed by atoms with Crippen molar-refractivity contribution in [1.82, 2.24) is 9.78 Å². The first kappa shape index (κ1) is 14.8. The molecular weight excluding hydrogens is 276 g/mol. The van der Waals surface area contributed by atoms with E-state index in [0.29, 0.717) is 6.54 Å². The summed E-state index contributed by atoms with van der Waals surface area (Å²) in [6.07, 6.45) is 7.34. The van der Waals surface area contributed by atoms with Crippen molar-refractivity contribution in [3.63, 3.8) is 0 Å². The second-order valence-corrected chi connectivity index (χ2v) is 6.03. The minimum absolute atomic E-state index is 0.0289. The molecule has 1 fully saturated rings. The van der Waals surface area contributed by atoms with Crippen LogP contribution in [-0.4, -0.2) is 21.7 Å². The predicted octanol–water partition coefficient (Wildman–Crippen LogP) is 2.39. The van der Waals surface area contributed by atoms with Crippen molar-refractivity contribution >= 4 is 11.6 Å². The number of benzene rings is 1. The fourth-order valence-corrected chi connectivity index (χ4v) is 3.00. The van der Waals surface area contributed by atoms with Crippen LogP contribution in [0.3, 0.4) is 0 Å². The van der Waals surface area contributed by atoms with Gasteiger partial charge in [0.05, 0.1) is 18.4 Å². The standard InChI is InChI=1S/C17H22N4O/c18-15-8-4-7-14(9-15)17(22)20-16-10-19-21(12-16)11-13-5-2-1-3-6-13/h1-3,5-6,10,12,14-15H,4,7-9,11,18H2,(H,20,22). The van der Waals surface area contributed by atoms with Gasteiger partial charge >= 0.3 is 0 Å². The number of hydrogen-bond donors (Lipinski definition) is 2. The Kier molecular flexibility index (Phi) is 4.53. The van der Waals surface area contributed by atoms with E-state index in [1.807, 2.05) is 29.1 Å².